The van der Waals surface area contributed by atoms with E-state index in [-0.39, 0.29) is 24.0 Å². The third-order valence-electron chi connectivity index (χ3n) is 7.08. The number of rotatable bonds is 5. The lowest BCUT2D eigenvalue weighted by atomic mass is 9.48. The monoisotopic (exact) mass is 355 g/mol. The Morgan fingerprint density at radius 1 is 1.12 bits per heavy atom. The minimum absolute atomic E-state index is 0.153. The van der Waals surface area contributed by atoms with Crippen LogP contribution < -0.4 is 5.32 Å². The molecular formula is C22H29NO3. The molecule has 5 rings (SSSR count). The number of ether oxygens (including phenoxy) is 1. The molecule has 140 valence electrons. The molecule has 4 bridgehead atoms. The van der Waals surface area contributed by atoms with Gasteiger partial charge in [0.2, 0.25) is 0 Å². The maximum atomic E-state index is 12.4. The van der Waals surface area contributed by atoms with Crippen LogP contribution in [-0.2, 0) is 9.53 Å². The molecule has 0 radical (unpaired) electrons. The summed E-state index contributed by atoms with van der Waals surface area (Å²) >= 11 is 0. The van der Waals surface area contributed by atoms with Crippen LogP contribution in [0.25, 0.3) is 0 Å². The number of hydrogen-bond donors (Lipinski definition) is 1. The van der Waals surface area contributed by atoms with Crippen LogP contribution in [0.2, 0.25) is 0 Å². The van der Waals surface area contributed by atoms with E-state index in [9.17, 15) is 9.59 Å². The van der Waals surface area contributed by atoms with Crippen molar-refractivity contribution in [1.29, 1.82) is 0 Å². The van der Waals surface area contributed by atoms with Crippen LogP contribution in [0.1, 0.15) is 61.4 Å². The van der Waals surface area contributed by atoms with Crippen LogP contribution in [-0.4, -0.2) is 24.5 Å². The highest BCUT2D eigenvalue weighted by Crippen LogP contribution is 2.61. The van der Waals surface area contributed by atoms with Gasteiger partial charge < -0.3 is 10.1 Å². The molecular weight excluding hydrogens is 326 g/mol. The summed E-state index contributed by atoms with van der Waals surface area (Å²) in [6.07, 6.45) is 7.95. The summed E-state index contributed by atoms with van der Waals surface area (Å²) in [4.78, 5) is 24.6. The van der Waals surface area contributed by atoms with Crippen molar-refractivity contribution < 1.29 is 14.3 Å². The number of carbonyl (C=O) groups excluding carboxylic acids is 2. The Bertz CT molecular complexity index is 676. The molecule has 0 spiro atoms. The van der Waals surface area contributed by atoms with E-state index >= 15 is 0 Å². The van der Waals surface area contributed by atoms with Crippen molar-refractivity contribution in [3.63, 3.8) is 0 Å². The number of carbonyl (C=O) groups is 2. The molecule has 26 heavy (non-hydrogen) atoms. The van der Waals surface area contributed by atoms with Crippen molar-refractivity contribution in [3.05, 3.63) is 35.4 Å². The second-order valence-electron chi connectivity index (χ2n) is 8.96. The van der Waals surface area contributed by atoms with E-state index < -0.39 is 5.97 Å². The molecule has 4 nitrogen and oxygen atoms in total. The molecule has 4 heteroatoms. The van der Waals surface area contributed by atoms with Crippen LogP contribution in [0.3, 0.4) is 0 Å². The minimum Gasteiger partial charge on any atom is -0.452 e. The first-order valence-corrected chi connectivity index (χ1v) is 9.97. The van der Waals surface area contributed by atoms with Gasteiger partial charge in [-0.3, -0.25) is 4.79 Å². The van der Waals surface area contributed by atoms with Gasteiger partial charge in [0.1, 0.15) is 0 Å². The SMILES string of the molecule is Cc1ccccc1C(=O)OCC(=O)N[C@H](C)C12CC3CC(CC(C3)C1)C2. The molecule has 0 unspecified atom stereocenters. The van der Waals surface area contributed by atoms with E-state index in [1.807, 2.05) is 19.1 Å². The number of hydrogen-bond acceptors (Lipinski definition) is 3. The van der Waals surface area contributed by atoms with Gasteiger partial charge in [0, 0.05) is 6.04 Å². The lowest BCUT2D eigenvalue weighted by Gasteiger charge is -2.59. The number of aryl methyl sites for hydroxylation is 1. The van der Waals surface area contributed by atoms with Crippen molar-refractivity contribution in [1.82, 2.24) is 5.32 Å². The third-order valence-corrected chi connectivity index (χ3v) is 7.08. The Morgan fingerprint density at radius 3 is 2.27 bits per heavy atom. The van der Waals surface area contributed by atoms with E-state index in [0.717, 1.165) is 23.3 Å². The van der Waals surface area contributed by atoms with Gasteiger partial charge in [0.05, 0.1) is 5.56 Å². The predicted octanol–water partition coefficient (Wildman–Crippen LogP) is 3.87. The van der Waals surface area contributed by atoms with E-state index in [1.165, 1.54) is 38.5 Å². The van der Waals surface area contributed by atoms with Crippen molar-refractivity contribution in [3.8, 4) is 0 Å². The van der Waals surface area contributed by atoms with Crippen LogP contribution in [0, 0.1) is 30.1 Å². The zero-order chi connectivity index (χ0) is 18.3. The molecule has 1 aromatic carbocycles. The predicted molar refractivity (Wildman–Crippen MR) is 99.7 cm³/mol. The molecule has 1 amide bonds. The second kappa shape index (κ2) is 6.71. The van der Waals surface area contributed by atoms with Gasteiger partial charge in [0.25, 0.3) is 5.91 Å². The summed E-state index contributed by atoms with van der Waals surface area (Å²) in [5.74, 6) is 1.97. The summed E-state index contributed by atoms with van der Waals surface area (Å²) in [5.41, 5.74) is 1.65. The number of amides is 1. The van der Waals surface area contributed by atoms with E-state index in [2.05, 4.69) is 12.2 Å². The zero-order valence-corrected chi connectivity index (χ0v) is 15.8. The van der Waals surface area contributed by atoms with Gasteiger partial charge in [-0.05, 0) is 87.2 Å². The van der Waals surface area contributed by atoms with E-state index in [4.69, 9.17) is 4.74 Å². The molecule has 1 aromatic rings. The van der Waals surface area contributed by atoms with Crippen molar-refractivity contribution in [2.24, 2.45) is 23.2 Å². The Hall–Kier alpha value is -1.84. The average Bonchev–Trinajstić information content (AvgIpc) is 2.59. The minimum atomic E-state index is -0.430. The lowest BCUT2D eigenvalue weighted by Crippen LogP contribution is -2.56. The van der Waals surface area contributed by atoms with Gasteiger partial charge in [-0.25, -0.2) is 4.79 Å². The number of benzene rings is 1. The standard InChI is InChI=1S/C22H29NO3/c1-14-5-3-4-6-19(14)21(25)26-13-20(24)23-15(2)22-10-16-7-17(11-22)9-18(8-16)12-22/h3-6,15-18H,7-13H2,1-2H3,(H,23,24)/t15-,16?,17?,18?,22?/m1/s1. The maximum absolute atomic E-state index is 12.4. The van der Waals surface area contributed by atoms with Gasteiger partial charge >= 0.3 is 5.97 Å². The lowest BCUT2D eigenvalue weighted by molar-refractivity contribution is -0.128. The highest BCUT2D eigenvalue weighted by molar-refractivity contribution is 5.92. The fourth-order valence-electron chi connectivity index (χ4n) is 6.15. The Labute approximate surface area is 155 Å². The van der Waals surface area contributed by atoms with Crippen molar-refractivity contribution in [2.45, 2.75) is 58.4 Å². The topological polar surface area (TPSA) is 55.4 Å². The normalized spacial score (nSPS) is 32.9. The number of esters is 1. The molecule has 0 aliphatic heterocycles. The van der Waals surface area contributed by atoms with Gasteiger partial charge in [-0.15, -0.1) is 0 Å². The molecule has 1 N–H and O–H groups in total. The first-order chi connectivity index (χ1) is 12.4. The maximum Gasteiger partial charge on any atom is 0.338 e. The quantitative estimate of drug-likeness (QED) is 0.816. The fourth-order valence-corrected chi connectivity index (χ4v) is 6.15. The smallest absolute Gasteiger partial charge is 0.338 e. The molecule has 1 atom stereocenters. The van der Waals surface area contributed by atoms with Crippen LogP contribution in [0.15, 0.2) is 24.3 Å². The summed E-state index contributed by atoms with van der Waals surface area (Å²) in [5, 5.41) is 3.14. The van der Waals surface area contributed by atoms with Gasteiger partial charge in [-0.2, -0.15) is 0 Å². The second-order valence-corrected chi connectivity index (χ2v) is 8.96. The van der Waals surface area contributed by atoms with Crippen LogP contribution in [0.5, 0.6) is 0 Å². The van der Waals surface area contributed by atoms with E-state index in [1.54, 1.807) is 12.1 Å². The third kappa shape index (κ3) is 3.26. The Morgan fingerprint density at radius 2 is 1.69 bits per heavy atom. The molecule has 0 saturated heterocycles. The number of nitrogens with one attached hydrogen (secondary N) is 1. The highest BCUT2D eigenvalue weighted by Gasteiger charge is 2.53. The Kier molecular flexibility index (Phi) is 4.54. The first kappa shape index (κ1) is 17.6. The summed E-state index contributed by atoms with van der Waals surface area (Å²) in [7, 11) is 0. The zero-order valence-electron chi connectivity index (χ0n) is 15.8. The average molecular weight is 355 g/mol. The molecule has 0 aromatic heterocycles. The highest BCUT2D eigenvalue weighted by atomic mass is 16.5. The fraction of sp³-hybridized carbons (Fsp3) is 0.636. The molecule has 4 aliphatic carbocycles. The summed E-state index contributed by atoms with van der Waals surface area (Å²) in [6, 6.07) is 7.44. The van der Waals surface area contributed by atoms with E-state index in [0.29, 0.717) is 5.56 Å². The van der Waals surface area contributed by atoms with Gasteiger partial charge in [0.15, 0.2) is 6.61 Å². The van der Waals surface area contributed by atoms with Crippen LogP contribution >= 0.6 is 0 Å². The van der Waals surface area contributed by atoms with Crippen molar-refractivity contribution >= 4 is 11.9 Å². The molecule has 0 heterocycles. The van der Waals surface area contributed by atoms with Crippen molar-refractivity contribution in [2.75, 3.05) is 6.61 Å². The van der Waals surface area contributed by atoms with Crippen LogP contribution in [0.4, 0.5) is 0 Å². The summed E-state index contributed by atoms with van der Waals surface area (Å²) < 4.78 is 5.24. The summed E-state index contributed by atoms with van der Waals surface area (Å²) in [6.45, 7) is 3.81. The molecule has 4 aliphatic rings. The largest absolute Gasteiger partial charge is 0.452 e. The molecule has 4 saturated carbocycles. The molecule has 4 fully saturated rings. The Balaban J connectivity index is 1.32. The first-order valence-electron chi connectivity index (χ1n) is 9.97. The van der Waals surface area contributed by atoms with Gasteiger partial charge in [-0.1, -0.05) is 18.2 Å².